The summed E-state index contributed by atoms with van der Waals surface area (Å²) >= 11 is 0. The Balaban J connectivity index is 0.00000121. The van der Waals surface area contributed by atoms with Gasteiger partial charge in [-0.15, -0.1) is 0 Å². The molecule has 1 saturated heterocycles. The summed E-state index contributed by atoms with van der Waals surface area (Å²) in [6, 6.07) is 0. The molecule has 0 N–H and O–H groups in total. The summed E-state index contributed by atoms with van der Waals surface area (Å²) in [5, 5.41) is 0. The van der Waals surface area contributed by atoms with Crippen molar-refractivity contribution in [3.63, 3.8) is 0 Å². The van der Waals surface area contributed by atoms with E-state index in [-0.39, 0.29) is 34.7 Å². The van der Waals surface area contributed by atoms with Crippen LogP contribution in [0.5, 0.6) is 0 Å². The standard InChI is InChI=1S/C7H13O4.W/c1-8-5-11-6-10-4-7-2-9-3-7;/h2-6H2,1H3;/q-1;. The molecule has 0 aliphatic carbocycles. The van der Waals surface area contributed by atoms with Crippen molar-refractivity contribution in [1.29, 1.82) is 0 Å². The smallest absolute Gasteiger partial charge is 0.149 e. The molecule has 0 atom stereocenters. The van der Waals surface area contributed by atoms with Crippen molar-refractivity contribution >= 4 is 0 Å². The quantitative estimate of drug-likeness (QED) is 0.391. The summed E-state index contributed by atoms with van der Waals surface area (Å²) in [5.41, 5.74) is 0. The van der Waals surface area contributed by atoms with Crippen molar-refractivity contribution in [3.05, 3.63) is 5.92 Å². The summed E-state index contributed by atoms with van der Waals surface area (Å²) in [6.45, 7) is 2.70. The fourth-order valence-corrected chi connectivity index (χ4v) is 0.692. The van der Waals surface area contributed by atoms with Gasteiger partial charge in [0.1, 0.15) is 13.6 Å². The summed E-state index contributed by atoms with van der Waals surface area (Å²) < 4.78 is 19.6. The van der Waals surface area contributed by atoms with Gasteiger partial charge in [-0.25, -0.2) is 5.92 Å². The number of ether oxygens (including phenoxy) is 4. The van der Waals surface area contributed by atoms with Gasteiger partial charge in [0.2, 0.25) is 0 Å². The van der Waals surface area contributed by atoms with Gasteiger partial charge in [-0.05, 0) is 0 Å². The Labute approximate surface area is 86.8 Å². The van der Waals surface area contributed by atoms with Crippen LogP contribution in [0.1, 0.15) is 0 Å². The third kappa shape index (κ3) is 5.22. The Kier molecular flexibility index (Phi) is 8.50. The van der Waals surface area contributed by atoms with E-state index in [2.05, 4.69) is 4.74 Å². The Morgan fingerprint density at radius 3 is 2.50 bits per heavy atom. The zero-order valence-electron chi connectivity index (χ0n) is 7.08. The molecule has 1 aliphatic heterocycles. The van der Waals surface area contributed by atoms with Crippen molar-refractivity contribution in [2.45, 2.75) is 0 Å². The Morgan fingerprint density at radius 1 is 1.25 bits per heavy atom. The number of rotatable bonds is 6. The molecule has 0 bridgehead atoms. The molecule has 1 heterocycles. The van der Waals surface area contributed by atoms with Crippen LogP contribution in [0.3, 0.4) is 0 Å². The maximum atomic E-state index is 5.12. The van der Waals surface area contributed by atoms with E-state index in [1.807, 2.05) is 0 Å². The Morgan fingerprint density at radius 2 is 2.00 bits per heavy atom. The molecule has 0 amide bonds. The van der Waals surface area contributed by atoms with Crippen molar-refractivity contribution in [2.75, 3.05) is 40.5 Å². The minimum atomic E-state index is 0. The third-order valence-corrected chi connectivity index (χ3v) is 1.29. The molecule has 12 heavy (non-hydrogen) atoms. The summed E-state index contributed by atoms with van der Waals surface area (Å²) in [7, 11) is 1.58. The SMILES string of the molecule is COCOCOC[C-]1COC1.[W]. The first kappa shape index (κ1) is 12.5. The predicted octanol–water partition coefficient (Wildman–Crippen LogP) is 0.183. The van der Waals surface area contributed by atoms with Gasteiger partial charge in [-0.3, -0.25) is 0 Å². The molecule has 1 aliphatic rings. The minimum Gasteiger partial charge on any atom is -0.444 e. The van der Waals surface area contributed by atoms with E-state index in [1.165, 1.54) is 5.92 Å². The van der Waals surface area contributed by atoms with E-state index in [4.69, 9.17) is 14.2 Å². The van der Waals surface area contributed by atoms with E-state index in [9.17, 15) is 0 Å². The maximum absolute atomic E-state index is 5.12. The van der Waals surface area contributed by atoms with E-state index < -0.39 is 0 Å². The van der Waals surface area contributed by atoms with E-state index in [0.29, 0.717) is 6.61 Å². The predicted molar refractivity (Wildman–Crippen MR) is 37.8 cm³/mol. The van der Waals surface area contributed by atoms with E-state index >= 15 is 0 Å². The van der Waals surface area contributed by atoms with Crippen LogP contribution in [-0.4, -0.2) is 40.5 Å². The maximum Gasteiger partial charge on any atom is 0.149 e. The summed E-state index contributed by atoms with van der Waals surface area (Å²) in [4.78, 5) is 0. The molecule has 1 fully saturated rings. The van der Waals surface area contributed by atoms with E-state index in [0.717, 1.165) is 13.2 Å². The molecular weight excluding hydrogens is 332 g/mol. The normalized spacial score (nSPS) is 16.8. The molecule has 1 rings (SSSR count). The first-order valence-electron chi connectivity index (χ1n) is 3.49. The molecule has 0 aromatic carbocycles. The van der Waals surface area contributed by atoms with Gasteiger partial charge >= 0.3 is 0 Å². The topological polar surface area (TPSA) is 36.9 Å². The van der Waals surface area contributed by atoms with Crippen molar-refractivity contribution in [2.24, 2.45) is 0 Å². The fraction of sp³-hybridized carbons (Fsp3) is 0.857. The molecule has 0 saturated carbocycles. The summed E-state index contributed by atoms with van der Waals surface area (Å²) in [5.74, 6) is 1.28. The number of hydrogen-bond acceptors (Lipinski definition) is 4. The second-order valence-corrected chi connectivity index (χ2v) is 2.32. The van der Waals surface area contributed by atoms with Gasteiger partial charge in [-0.2, -0.15) is 0 Å². The van der Waals surface area contributed by atoms with Gasteiger partial charge in [0, 0.05) is 28.2 Å². The average molecular weight is 345 g/mol. The number of methoxy groups -OCH3 is 1. The van der Waals surface area contributed by atoms with Crippen LogP contribution >= 0.6 is 0 Å². The largest absolute Gasteiger partial charge is 0.444 e. The molecule has 0 aromatic heterocycles. The van der Waals surface area contributed by atoms with Crippen molar-refractivity contribution < 1.29 is 40.0 Å². The second-order valence-electron chi connectivity index (χ2n) is 2.32. The average Bonchev–Trinajstić information content (AvgIpc) is 1.93. The van der Waals surface area contributed by atoms with Gasteiger partial charge in [-0.1, -0.05) is 19.8 Å². The molecular formula is C7H13O4W-. The van der Waals surface area contributed by atoms with Crippen LogP contribution in [0.25, 0.3) is 0 Å². The van der Waals surface area contributed by atoms with Crippen LogP contribution in [0, 0.1) is 5.92 Å². The van der Waals surface area contributed by atoms with Gasteiger partial charge < -0.3 is 18.9 Å². The van der Waals surface area contributed by atoms with Crippen LogP contribution in [-0.2, 0) is 40.0 Å². The third-order valence-electron chi connectivity index (χ3n) is 1.29. The van der Waals surface area contributed by atoms with E-state index in [1.54, 1.807) is 7.11 Å². The minimum absolute atomic E-state index is 0. The molecule has 0 unspecified atom stereocenters. The molecule has 0 radical (unpaired) electrons. The van der Waals surface area contributed by atoms with Crippen LogP contribution in [0.15, 0.2) is 0 Å². The van der Waals surface area contributed by atoms with Crippen molar-refractivity contribution in [1.82, 2.24) is 0 Å². The Hall–Kier alpha value is 0.528. The number of hydrogen-bond donors (Lipinski definition) is 0. The fourth-order valence-electron chi connectivity index (χ4n) is 0.692. The van der Waals surface area contributed by atoms with Crippen LogP contribution in [0.4, 0.5) is 0 Å². The second kappa shape index (κ2) is 8.14. The van der Waals surface area contributed by atoms with Gasteiger partial charge in [0.15, 0.2) is 0 Å². The van der Waals surface area contributed by atoms with Crippen LogP contribution in [0.2, 0.25) is 0 Å². The molecule has 0 spiro atoms. The molecule has 0 aromatic rings. The van der Waals surface area contributed by atoms with Gasteiger partial charge in [0.25, 0.3) is 0 Å². The molecule has 5 heteroatoms. The Bertz CT molecular complexity index is 97.4. The van der Waals surface area contributed by atoms with Crippen molar-refractivity contribution in [3.8, 4) is 0 Å². The van der Waals surface area contributed by atoms with Crippen LogP contribution < -0.4 is 0 Å². The monoisotopic (exact) mass is 345 g/mol. The summed E-state index contributed by atoms with van der Waals surface area (Å²) in [6.07, 6.45) is 0. The zero-order chi connectivity index (χ0) is 7.94. The first-order valence-corrected chi connectivity index (χ1v) is 3.49. The molecule has 72 valence electrons. The molecule has 4 nitrogen and oxygen atoms in total. The van der Waals surface area contributed by atoms with Gasteiger partial charge in [0.05, 0.1) is 0 Å². The zero-order valence-corrected chi connectivity index (χ0v) is 10.0. The first-order chi connectivity index (χ1) is 5.43.